The fourth-order valence-corrected chi connectivity index (χ4v) is 4.24. The van der Waals surface area contributed by atoms with Gasteiger partial charge in [-0.25, -0.2) is 4.98 Å². The summed E-state index contributed by atoms with van der Waals surface area (Å²) >= 11 is 0. The molecule has 1 aliphatic heterocycles. The number of fused-ring (bicyclic) bond motifs is 1. The number of rotatable bonds is 5. The van der Waals surface area contributed by atoms with Gasteiger partial charge in [-0.3, -0.25) is 9.89 Å². The fourth-order valence-electron chi connectivity index (χ4n) is 4.24. The molecule has 0 radical (unpaired) electrons. The second kappa shape index (κ2) is 7.49. The molecule has 2 fully saturated rings. The summed E-state index contributed by atoms with van der Waals surface area (Å²) in [5.41, 5.74) is -0.428. The lowest BCUT2D eigenvalue weighted by Gasteiger charge is -2.24. The van der Waals surface area contributed by atoms with E-state index in [1.807, 2.05) is 13.8 Å². The molecule has 3 aromatic rings. The zero-order chi connectivity index (χ0) is 22.6. The lowest BCUT2D eigenvalue weighted by Crippen LogP contribution is -2.31. The molecule has 0 aromatic carbocycles. The van der Waals surface area contributed by atoms with Gasteiger partial charge in [-0.15, -0.1) is 0 Å². The zero-order valence-electron chi connectivity index (χ0n) is 17.7. The first-order valence-corrected chi connectivity index (χ1v) is 10.7. The van der Waals surface area contributed by atoms with E-state index in [1.54, 1.807) is 6.07 Å². The highest BCUT2D eigenvalue weighted by molar-refractivity contribution is 5.93. The monoisotopic (exact) mass is 448 g/mol. The maximum absolute atomic E-state index is 14.0. The first-order chi connectivity index (χ1) is 15.2. The molecule has 8 nitrogen and oxygen atoms in total. The maximum Gasteiger partial charge on any atom is 0.417 e. The van der Waals surface area contributed by atoms with Crippen molar-refractivity contribution in [2.75, 3.05) is 11.9 Å². The van der Waals surface area contributed by atoms with Crippen molar-refractivity contribution in [1.29, 1.82) is 0 Å². The standard InChI is InChI=1S/C21H23F3N6O2/c1-10(2)25-18-17-12(21(22,23)24)8-13(26-19(17)28-27-18)15-4-3-7-30(15)20(31)14-9-16(32-29-14)11-5-6-11/h8-11,15H,3-7H2,1-2H3,(H2,25,26,27,28). The van der Waals surface area contributed by atoms with E-state index in [1.165, 1.54) is 4.90 Å². The number of carbonyl (C=O) groups is 1. The molecule has 1 aliphatic carbocycles. The van der Waals surface area contributed by atoms with Gasteiger partial charge in [0, 0.05) is 24.6 Å². The van der Waals surface area contributed by atoms with Gasteiger partial charge in [-0.1, -0.05) is 5.16 Å². The number of likely N-dealkylation sites (tertiary alicyclic amines) is 1. The van der Waals surface area contributed by atoms with Gasteiger partial charge >= 0.3 is 6.18 Å². The second-order valence-electron chi connectivity index (χ2n) is 8.73. The lowest BCUT2D eigenvalue weighted by molar-refractivity contribution is -0.136. The summed E-state index contributed by atoms with van der Waals surface area (Å²) in [5, 5.41) is 13.3. The van der Waals surface area contributed by atoms with E-state index in [0.717, 1.165) is 18.9 Å². The number of aromatic nitrogens is 4. The van der Waals surface area contributed by atoms with Crippen molar-refractivity contribution in [3.05, 3.63) is 34.8 Å². The summed E-state index contributed by atoms with van der Waals surface area (Å²) in [6.07, 6.45) is -1.41. The predicted molar refractivity (Wildman–Crippen MR) is 109 cm³/mol. The van der Waals surface area contributed by atoms with Gasteiger partial charge in [0.15, 0.2) is 17.2 Å². The normalized spacial score (nSPS) is 19.3. The molecule has 0 bridgehead atoms. The number of carbonyl (C=O) groups excluding carboxylic acids is 1. The minimum absolute atomic E-state index is 0.0368. The lowest BCUT2D eigenvalue weighted by atomic mass is 10.0. The number of nitrogens with zero attached hydrogens (tertiary/aromatic N) is 4. The fraction of sp³-hybridized carbons (Fsp3) is 0.524. The van der Waals surface area contributed by atoms with E-state index in [4.69, 9.17) is 4.52 Å². The van der Waals surface area contributed by atoms with Crippen LogP contribution in [-0.4, -0.2) is 43.7 Å². The number of aromatic amines is 1. The number of amides is 1. The van der Waals surface area contributed by atoms with Crippen molar-refractivity contribution in [2.45, 2.75) is 63.7 Å². The summed E-state index contributed by atoms with van der Waals surface area (Å²) in [7, 11) is 0. The number of anilines is 1. The number of hydrogen-bond acceptors (Lipinski definition) is 6. The Morgan fingerprint density at radius 1 is 1.28 bits per heavy atom. The van der Waals surface area contributed by atoms with Crippen LogP contribution in [0.4, 0.5) is 19.0 Å². The molecule has 1 saturated carbocycles. The molecule has 170 valence electrons. The molecule has 4 heterocycles. The van der Waals surface area contributed by atoms with Crippen LogP contribution in [0, 0.1) is 0 Å². The first kappa shape index (κ1) is 20.8. The van der Waals surface area contributed by atoms with Crippen LogP contribution in [0.1, 0.15) is 79.0 Å². The molecule has 5 rings (SSSR count). The predicted octanol–water partition coefficient (Wildman–Crippen LogP) is 4.64. The molecule has 32 heavy (non-hydrogen) atoms. The van der Waals surface area contributed by atoms with Gasteiger partial charge in [-0.2, -0.15) is 18.3 Å². The van der Waals surface area contributed by atoms with Crippen molar-refractivity contribution in [3.8, 4) is 0 Å². The van der Waals surface area contributed by atoms with E-state index in [0.29, 0.717) is 31.1 Å². The van der Waals surface area contributed by atoms with Crippen molar-refractivity contribution in [2.24, 2.45) is 0 Å². The van der Waals surface area contributed by atoms with Gasteiger partial charge < -0.3 is 14.7 Å². The molecule has 1 unspecified atom stereocenters. The van der Waals surface area contributed by atoms with Crippen molar-refractivity contribution < 1.29 is 22.5 Å². The molecule has 1 amide bonds. The summed E-state index contributed by atoms with van der Waals surface area (Å²) in [5.74, 6) is 0.748. The average molecular weight is 448 g/mol. The highest BCUT2D eigenvalue weighted by Crippen LogP contribution is 2.42. The van der Waals surface area contributed by atoms with Gasteiger partial charge in [0.2, 0.25) is 0 Å². The maximum atomic E-state index is 14.0. The molecular formula is C21H23F3N6O2. The number of pyridine rings is 1. The van der Waals surface area contributed by atoms with Gasteiger partial charge in [-0.05, 0) is 45.6 Å². The van der Waals surface area contributed by atoms with Crippen molar-refractivity contribution >= 4 is 22.8 Å². The summed E-state index contributed by atoms with van der Waals surface area (Å²) < 4.78 is 47.2. The molecule has 1 saturated heterocycles. The number of alkyl halides is 3. The van der Waals surface area contributed by atoms with Gasteiger partial charge in [0.05, 0.1) is 22.7 Å². The zero-order valence-corrected chi connectivity index (χ0v) is 17.7. The van der Waals surface area contributed by atoms with E-state index < -0.39 is 17.8 Å². The Balaban J connectivity index is 1.52. The highest BCUT2D eigenvalue weighted by atomic mass is 19.4. The molecule has 1 atom stereocenters. The van der Waals surface area contributed by atoms with Crippen LogP contribution < -0.4 is 5.32 Å². The van der Waals surface area contributed by atoms with Crippen LogP contribution in [0.2, 0.25) is 0 Å². The third-order valence-corrected chi connectivity index (χ3v) is 5.86. The van der Waals surface area contributed by atoms with Crippen molar-refractivity contribution in [1.82, 2.24) is 25.2 Å². The smallest absolute Gasteiger partial charge is 0.366 e. The van der Waals surface area contributed by atoms with E-state index in [2.05, 4.69) is 25.7 Å². The topological polar surface area (TPSA) is 99.9 Å². The third kappa shape index (κ3) is 3.69. The number of nitrogens with one attached hydrogen (secondary N) is 2. The van der Waals surface area contributed by atoms with Crippen LogP contribution in [0.3, 0.4) is 0 Å². The molecule has 0 spiro atoms. The quantitative estimate of drug-likeness (QED) is 0.590. The van der Waals surface area contributed by atoms with Crippen LogP contribution in [0.15, 0.2) is 16.7 Å². The Kier molecular flexibility index (Phi) is 4.86. The third-order valence-electron chi connectivity index (χ3n) is 5.86. The molecule has 2 N–H and O–H groups in total. The SMILES string of the molecule is CC(C)Nc1n[nH]c2nc(C3CCCN3C(=O)c3cc(C4CC4)on3)cc(C(F)(F)F)c12. The second-order valence-corrected chi connectivity index (χ2v) is 8.73. The summed E-state index contributed by atoms with van der Waals surface area (Å²) in [6.45, 7) is 4.05. The van der Waals surface area contributed by atoms with E-state index in [9.17, 15) is 18.0 Å². The van der Waals surface area contributed by atoms with E-state index in [-0.39, 0.29) is 40.2 Å². The van der Waals surface area contributed by atoms with Gasteiger partial charge in [0.25, 0.3) is 5.91 Å². The number of H-pyrrole nitrogens is 1. The van der Waals surface area contributed by atoms with Gasteiger partial charge in [0.1, 0.15) is 5.76 Å². The Labute approximate surface area is 181 Å². The molecule has 3 aromatic heterocycles. The highest BCUT2D eigenvalue weighted by Gasteiger charge is 2.39. The average Bonchev–Trinajstić information content (AvgIpc) is 3.15. The minimum atomic E-state index is -4.61. The number of hydrogen-bond donors (Lipinski definition) is 2. The number of halogens is 3. The van der Waals surface area contributed by atoms with E-state index >= 15 is 0 Å². The molecule has 11 heteroatoms. The van der Waals surface area contributed by atoms with Crippen LogP contribution in [0.25, 0.3) is 11.0 Å². The van der Waals surface area contributed by atoms with Crippen molar-refractivity contribution in [3.63, 3.8) is 0 Å². The molecule has 2 aliphatic rings. The first-order valence-electron chi connectivity index (χ1n) is 10.7. The van der Waals surface area contributed by atoms with Crippen LogP contribution >= 0.6 is 0 Å². The largest absolute Gasteiger partial charge is 0.417 e. The molecular weight excluding hydrogens is 425 g/mol. The van der Waals surface area contributed by atoms with Crippen LogP contribution in [-0.2, 0) is 6.18 Å². The Hall–Kier alpha value is -3.11. The van der Waals surface area contributed by atoms with Crippen LogP contribution in [0.5, 0.6) is 0 Å². The summed E-state index contributed by atoms with van der Waals surface area (Å²) in [4.78, 5) is 19.0. The Bertz CT molecular complexity index is 1160. The Morgan fingerprint density at radius 2 is 2.06 bits per heavy atom. The Morgan fingerprint density at radius 3 is 2.75 bits per heavy atom. The minimum Gasteiger partial charge on any atom is -0.366 e. The summed E-state index contributed by atoms with van der Waals surface area (Å²) in [6, 6.07) is 2.00.